The Kier molecular flexibility index (Phi) is 3.27. The highest BCUT2D eigenvalue weighted by Crippen LogP contribution is 2.35. The molecule has 0 radical (unpaired) electrons. The van der Waals surface area contributed by atoms with E-state index < -0.39 is 5.54 Å². The molecule has 0 saturated carbocycles. The van der Waals surface area contributed by atoms with Crippen molar-refractivity contribution in [2.75, 3.05) is 0 Å². The van der Waals surface area contributed by atoms with Crippen LogP contribution >= 0.6 is 0 Å². The molecule has 0 saturated heterocycles. The highest BCUT2D eigenvalue weighted by Gasteiger charge is 2.50. The lowest BCUT2D eigenvalue weighted by Gasteiger charge is -2.42. The van der Waals surface area contributed by atoms with Crippen molar-refractivity contribution >= 4 is 11.9 Å². The summed E-state index contributed by atoms with van der Waals surface area (Å²) in [5.41, 5.74) is 5.39. The van der Waals surface area contributed by atoms with Gasteiger partial charge in [-0.05, 0) is 19.3 Å². The van der Waals surface area contributed by atoms with Gasteiger partial charge in [-0.2, -0.15) is 4.99 Å². The van der Waals surface area contributed by atoms with Gasteiger partial charge in [-0.25, -0.2) is 4.79 Å². The van der Waals surface area contributed by atoms with E-state index in [1.165, 1.54) is 0 Å². The van der Waals surface area contributed by atoms with E-state index in [4.69, 9.17) is 12.2 Å². The maximum Gasteiger partial charge on any atom is 0.347 e. The molecular weight excluding hydrogens is 202 g/mol. The first-order chi connectivity index (χ1) is 7.41. The number of terminal acetylenes is 1. The zero-order chi connectivity index (χ0) is 12.5. The molecule has 88 valence electrons. The lowest BCUT2D eigenvalue weighted by atomic mass is 9.81. The Morgan fingerprint density at radius 1 is 1.56 bits per heavy atom. The summed E-state index contributed by atoms with van der Waals surface area (Å²) in [6.07, 6.45) is 6.12. The number of urea groups is 1. The molecule has 1 rings (SSSR count). The first kappa shape index (κ1) is 12.6. The zero-order valence-corrected chi connectivity index (χ0v) is 10.3. The van der Waals surface area contributed by atoms with E-state index in [0.717, 1.165) is 6.42 Å². The quantitative estimate of drug-likeness (QED) is 0.736. The van der Waals surface area contributed by atoms with E-state index in [9.17, 15) is 4.79 Å². The van der Waals surface area contributed by atoms with E-state index in [0.29, 0.717) is 5.84 Å². The topological polar surface area (TPSA) is 58.7 Å². The van der Waals surface area contributed by atoms with Gasteiger partial charge in [0.15, 0.2) is 0 Å². The number of rotatable bonds is 3. The molecule has 16 heavy (non-hydrogen) atoms. The molecule has 0 aromatic rings. The molecule has 0 bridgehead atoms. The van der Waals surface area contributed by atoms with Crippen LogP contribution in [-0.4, -0.2) is 28.3 Å². The Bertz CT molecular complexity index is 367. The molecule has 1 aliphatic heterocycles. The minimum absolute atomic E-state index is 0.184. The molecule has 1 heterocycles. The number of amides is 2. The molecule has 2 N–H and O–H groups in total. The molecule has 0 aliphatic carbocycles. The molecule has 0 aromatic heterocycles. The fourth-order valence-corrected chi connectivity index (χ4v) is 2.47. The first-order valence-electron chi connectivity index (χ1n) is 5.55. The van der Waals surface area contributed by atoms with E-state index >= 15 is 0 Å². The Hall–Kier alpha value is -1.50. The summed E-state index contributed by atoms with van der Waals surface area (Å²) in [6.45, 7) is 7.87. The van der Waals surface area contributed by atoms with Crippen LogP contribution in [0.5, 0.6) is 0 Å². The van der Waals surface area contributed by atoms with Crippen LogP contribution in [0.4, 0.5) is 4.79 Å². The maximum atomic E-state index is 11.8. The predicted octanol–water partition coefficient (Wildman–Crippen LogP) is 1.61. The summed E-state index contributed by atoms with van der Waals surface area (Å²) in [7, 11) is 0. The molecule has 0 aromatic carbocycles. The maximum absolute atomic E-state index is 11.8. The van der Waals surface area contributed by atoms with Crippen LogP contribution in [0.3, 0.4) is 0 Å². The molecule has 1 aliphatic rings. The SMILES string of the molecule is C#CC(C)N1C(=O)N=C(N)C1(CC)C(C)C. The third kappa shape index (κ3) is 1.47. The van der Waals surface area contributed by atoms with E-state index in [2.05, 4.69) is 10.9 Å². The van der Waals surface area contributed by atoms with Gasteiger partial charge in [0.25, 0.3) is 0 Å². The number of hydrogen-bond acceptors (Lipinski definition) is 2. The number of nitrogens with zero attached hydrogens (tertiary/aromatic N) is 2. The monoisotopic (exact) mass is 221 g/mol. The molecule has 0 fully saturated rings. The van der Waals surface area contributed by atoms with E-state index in [1.807, 2.05) is 27.7 Å². The van der Waals surface area contributed by atoms with Gasteiger partial charge in [0, 0.05) is 0 Å². The second-order valence-electron chi connectivity index (χ2n) is 4.42. The standard InChI is InChI=1S/C12H19N3O/c1-6-9(5)15-11(16)14-10(13)12(15,7-2)8(3)4/h1,8-9H,7H2,2-5H3,(H2,13,14,16). The van der Waals surface area contributed by atoms with Crippen molar-refractivity contribution in [2.45, 2.75) is 45.7 Å². The fraction of sp³-hybridized carbons (Fsp3) is 0.667. The molecular formula is C12H19N3O. The van der Waals surface area contributed by atoms with Crippen molar-refractivity contribution in [3.05, 3.63) is 0 Å². The predicted molar refractivity (Wildman–Crippen MR) is 65.0 cm³/mol. The number of carbonyl (C=O) groups is 1. The Balaban J connectivity index is 3.27. The van der Waals surface area contributed by atoms with Crippen molar-refractivity contribution in [3.8, 4) is 12.3 Å². The number of nitrogens with two attached hydrogens (primary N) is 1. The second kappa shape index (κ2) is 4.17. The van der Waals surface area contributed by atoms with Gasteiger partial charge in [-0.3, -0.25) is 4.90 Å². The van der Waals surface area contributed by atoms with Crippen LogP contribution in [0, 0.1) is 18.3 Å². The molecule has 0 spiro atoms. The summed E-state index contributed by atoms with van der Waals surface area (Å²) in [5.74, 6) is 3.15. The van der Waals surface area contributed by atoms with Crippen molar-refractivity contribution in [2.24, 2.45) is 16.6 Å². The van der Waals surface area contributed by atoms with Crippen molar-refractivity contribution in [3.63, 3.8) is 0 Å². The summed E-state index contributed by atoms with van der Waals surface area (Å²) in [4.78, 5) is 17.3. The van der Waals surface area contributed by atoms with Crippen LogP contribution in [0.15, 0.2) is 4.99 Å². The van der Waals surface area contributed by atoms with Crippen LogP contribution in [0.25, 0.3) is 0 Å². The summed E-state index contributed by atoms with van der Waals surface area (Å²) < 4.78 is 0. The van der Waals surface area contributed by atoms with E-state index in [-0.39, 0.29) is 18.0 Å². The van der Waals surface area contributed by atoms with E-state index in [1.54, 1.807) is 4.90 Å². The number of carbonyl (C=O) groups excluding carboxylic acids is 1. The number of amidine groups is 1. The Labute approximate surface area is 96.9 Å². The Morgan fingerprint density at radius 2 is 2.12 bits per heavy atom. The first-order valence-corrected chi connectivity index (χ1v) is 5.55. The fourth-order valence-electron chi connectivity index (χ4n) is 2.47. The molecule has 2 unspecified atom stereocenters. The lowest BCUT2D eigenvalue weighted by molar-refractivity contribution is 0.124. The number of hydrogen-bond donors (Lipinski definition) is 1. The molecule has 2 atom stereocenters. The minimum atomic E-state index is -0.525. The summed E-state index contributed by atoms with van der Waals surface area (Å²) in [5, 5.41) is 0. The smallest absolute Gasteiger partial charge is 0.347 e. The highest BCUT2D eigenvalue weighted by atomic mass is 16.2. The van der Waals surface area contributed by atoms with Gasteiger partial charge in [0.1, 0.15) is 11.4 Å². The lowest BCUT2D eigenvalue weighted by Crippen LogP contribution is -2.59. The van der Waals surface area contributed by atoms with Gasteiger partial charge in [0.05, 0.1) is 6.04 Å². The van der Waals surface area contributed by atoms with Gasteiger partial charge in [-0.1, -0.05) is 26.7 Å². The van der Waals surface area contributed by atoms with Gasteiger partial charge < -0.3 is 5.73 Å². The van der Waals surface area contributed by atoms with Crippen molar-refractivity contribution in [1.82, 2.24) is 4.90 Å². The summed E-state index contributed by atoms with van der Waals surface area (Å²) in [6, 6.07) is -0.613. The largest absolute Gasteiger partial charge is 0.385 e. The van der Waals surface area contributed by atoms with Crippen LogP contribution in [-0.2, 0) is 0 Å². The summed E-state index contributed by atoms with van der Waals surface area (Å²) >= 11 is 0. The minimum Gasteiger partial charge on any atom is -0.385 e. The van der Waals surface area contributed by atoms with Crippen LogP contribution < -0.4 is 5.73 Å². The van der Waals surface area contributed by atoms with Gasteiger partial charge in [-0.15, -0.1) is 6.42 Å². The van der Waals surface area contributed by atoms with Crippen LogP contribution in [0.2, 0.25) is 0 Å². The van der Waals surface area contributed by atoms with Crippen molar-refractivity contribution < 1.29 is 4.79 Å². The normalized spacial score (nSPS) is 26.9. The highest BCUT2D eigenvalue weighted by molar-refractivity contribution is 6.06. The number of aliphatic imine (C=N–C) groups is 1. The molecule has 2 amide bonds. The average molecular weight is 221 g/mol. The van der Waals surface area contributed by atoms with Crippen LogP contribution in [0.1, 0.15) is 34.1 Å². The zero-order valence-electron chi connectivity index (χ0n) is 10.3. The molecule has 4 nitrogen and oxygen atoms in total. The van der Waals surface area contributed by atoms with Gasteiger partial charge >= 0.3 is 6.03 Å². The third-order valence-corrected chi connectivity index (χ3v) is 3.42. The molecule has 4 heteroatoms. The Morgan fingerprint density at radius 3 is 2.50 bits per heavy atom. The van der Waals surface area contributed by atoms with Gasteiger partial charge in [0.2, 0.25) is 0 Å². The van der Waals surface area contributed by atoms with Crippen molar-refractivity contribution in [1.29, 1.82) is 0 Å². The average Bonchev–Trinajstić information content (AvgIpc) is 2.49. The second-order valence-corrected chi connectivity index (χ2v) is 4.42. The third-order valence-electron chi connectivity index (χ3n) is 3.42.